The number of ether oxygens (including phenoxy) is 8. The maximum Gasteiger partial charge on any atom is 0.338 e. The average Bonchev–Trinajstić information content (AvgIpc) is 3.66. The van der Waals surface area contributed by atoms with Crippen LogP contribution in [0.25, 0.3) is 0 Å². The van der Waals surface area contributed by atoms with Crippen LogP contribution in [-0.2, 0) is 42.7 Å². The summed E-state index contributed by atoms with van der Waals surface area (Å²) in [6, 6.07) is 0. The van der Waals surface area contributed by atoms with E-state index in [1.54, 1.807) is 6.08 Å². The predicted molar refractivity (Wildman–Crippen MR) is 236 cm³/mol. The van der Waals surface area contributed by atoms with Crippen LogP contribution in [0.1, 0.15) is 125 Å². The van der Waals surface area contributed by atoms with Gasteiger partial charge in [-0.1, -0.05) is 63.8 Å². The largest absolute Gasteiger partial charge is 0.459 e. The molecule has 14 heteroatoms. The van der Waals surface area contributed by atoms with Crippen LogP contribution in [0.2, 0.25) is 0 Å². The number of aliphatic hydroxyl groups excluding tert-OH is 4. The molecule has 360 valence electrons. The molecule has 64 heavy (non-hydrogen) atoms. The number of fused-ring (bicyclic) bond motifs is 1. The summed E-state index contributed by atoms with van der Waals surface area (Å²) in [5, 5.41) is 54.6. The molecule has 7 aliphatic rings. The molecule has 6 saturated heterocycles. The van der Waals surface area contributed by atoms with Gasteiger partial charge in [-0.05, 0) is 101 Å². The fraction of sp³-hybridized carbons (Fsp3) is 0.780. The molecule has 7 rings (SSSR count). The van der Waals surface area contributed by atoms with Crippen molar-refractivity contribution in [3.63, 3.8) is 0 Å². The maximum absolute atomic E-state index is 12.9. The topological polar surface area (TPSA) is 192 Å². The Balaban J connectivity index is 0.903. The number of hydrogen-bond donors (Lipinski definition) is 5. The van der Waals surface area contributed by atoms with Gasteiger partial charge >= 0.3 is 5.97 Å². The van der Waals surface area contributed by atoms with E-state index in [0.29, 0.717) is 62.0 Å². The van der Waals surface area contributed by atoms with Crippen molar-refractivity contribution in [1.29, 1.82) is 0 Å². The molecule has 0 aliphatic carbocycles. The van der Waals surface area contributed by atoms with Crippen LogP contribution in [0.4, 0.5) is 0 Å². The van der Waals surface area contributed by atoms with Crippen LogP contribution >= 0.6 is 0 Å². The first-order valence-electron chi connectivity index (χ1n) is 24.0. The molecule has 0 aromatic heterocycles. The quantitative estimate of drug-likeness (QED) is 0.0801. The molecule has 5 N–H and O–H groups in total. The molecule has 0 radical (unpaired) electrons. The van der Waals surface area contributed by atoms with Crippen molar-refractivity contribution in [3.8, 4) is 0 Å². The van der Waals surface area contributed by atoms with E-state index in [-0.39, 0.29) is 49.8 Å². The van der Waals surface area contributed by atoms with Crippen LogP contribution in [0.3, 0.4) is 0 Å². The lowest BCUT2D eigenvalue weighted by Crippen LogP contribution is -2.60. The molecule has 0 saturated carbocycles. The SMILES string of the molecule is C=C(/C=C/CO)COC(=O)[C@](C)(O)C[C@@H]1CC[C@@H](O)[C@]2(C=C(C)C[C@@H]([C@H](C)/C=C/[C@H]3CC[C@@]4(CC[C@H]5O[C@H]([C@@H](O)C[C@H](C)[C@@H]6O[C@@]7(CCCCO7)CC[C@H]6C)C(=C)[C@@H](O)[C@H]5O4)O3)O2)O1. The summed E-state index contributed by atoms with van der Waals surface area (Å²) >= 11 is 0. The lowest BCUT2D eigenvalue weighted by Gasteiger charge is -2.50. The summed E-state index contributed by atoms with van der Waals surface area (Å²) in [5.74, 6) is -3.38. The van der Waals surface area contributed by atoms with Crippen molar-refractivity contribution in [2.75, 3.05) is 19.8 Å². The standard InChI is InChI=1S/C50H76O14/c1-30(11-10-23-51)29-57-46(55)47(7,56)28-37-14-15-41(53)50(61-37)27-31(2)25-40(62-50)32(3)12-13-36-17-21-49(60-36)22-18-39-45(64-49)42(54)35(6)44(59-39)38(52)26-34(5)43-33(4)16-20-48(63-43)19-8-9-24-58-48/h10-13,27,32-34,36-45,51-54,56H,1,6,8-9,14-26,28-29H2,2-5,7H3/b11-10+,13-12+/t32-,33-,34+,36+,37+,38+,39-,40+,41-,42-,43-,44+,45+,47-,48+,49-,50-/m1/s1. The molecular weight excluding hydrogens is 825 g/mol. The lowest BCUT2D eigenvalue weighted by atomic mass is 9.79. The van der Waals surface area contributed by atoms with Crippen molar-refractivity contribution in [2.24, 2.45) is 17.8 Å². The summed E-state index contributed by atoms with van der Waals surface area (Å²) in [6.07, 6.45) is 12.4. The van der Waals surface area contributed by atoms with Gasteiger partial charge in [0.1, 0.15) is 31.0 Å². The fourth-order valence-electron chi connectivity index (χ4n) is 11.1. The third-order valence-corrected chi connectivity index (χ3v) is 14.8. The van der Waals surface area contributed by atoms with Gasteiger partial charge in [-0.3, -0.25) is 0 Å². The highest BCUT2D eigenvalue weighted by molar-refractivity contribution is 5.79. The Morgan fingerprint density at radius 3 is 2.53 bits per heavy atom. The third-order valence-electron chi connectivity index (χ3n) is 14.8. The van der Waals surface area contributed by atoms with Gasteiger partial charge in [-0.25, -0.2) is 4.79 Å². The van der Waals surface area contributed by atoms with Crippen molar-refractivity contribution in [2.45, 2.75) is 209 Å². The van der Waals surface area contributed by atoms with E-state index in [9.17, 15) is 25.2 Å². The normalized spacial score (nSPS) is 41.8. The van der Waals surface area contributed by atoms with Gasteiger partial charge in [0.05, 0.1) is 49.8 Å². The molecule has 6 fully saturated rings. The number of hydrogen-bond acceptors (Lipinski definition) is 14. The molecule has 0 aromatic carbocycles. The van der Waals surface area contributed by atoms with Gasteiger partial charge in [0.25, 0.3) is 0 Å². The summed E-state index contributed by atoms with van der Waals surface area (Å²) < 4.78 is 50.9. The monoisotopic (exact) mass is 901 g/mol. The van der Waals surface area contributed by atoms with Crippen LogP contribution in [0.15, 0.2) is 60.3 Å². The zero-order chi connectivity index (χ0) is 46.0. The number of aliphatic hydroxyl groups is 5. The lowest BCUT2D eigenvalue weighted by molar-refractivity contribution is -0.321. The predicted octanol–water partition coefficient (Wildman–Crippen LogP) is 5.78. The number of carbonyl (C=O) groups is 1. The molecule has 0 unspecified atom stereocenters. The molecule has 0 amide bonds. The van der Waals surface area contributed by atoms with E-state index >= 15 is 0 Å². The fourth-order valence-corrected chi connectivity index (χ4v) is 11.1. The van der Waals surface area contributed by atoms with E-state index in [1.807, 2.05) is 26.0 Å². The minimum absolute atomic E-state index is 0.0442. The van der Waals surface area contributed by atoms with Gasteiger partial charge in [-0.2, -0.15) is 0 Å². The highest BCUT2D eigenvalue weighted by Gasteiger charge is 2.55. The van der Waals surface area contributed by atoms with Crippen molar-refractivity contribution < 1.29 is 68.2 Å². The molecule has 7 heterocycles. The average molecular weight is 901 g/mol. The van der Waals surface area contributed by atoms with Gasteiger partial charge in [0.2, 0.25) is 5.79 Å². The van der Waals surface area contributed by atoms with Gasteiger partial charge < -0.3 is 63.4 Å². The van der Waals surface area contributed by atoms with E-state index in [1.165, 1.54) is 13.0 Å². The summed E-state index contributed by atoms with van der Waals surface area (Å²) in [6.45, 7) is 18.2. The zero-order valence-electron chi connectivity index (χ0n) is 38.7. The first-order valence-corrected chi connectivity index (χ1v) is 24.0. The maximum atomic E-state index is 12.9. The van der Waals surface area contributed by atoms with Gasteiger partial charge in [0.15, 0.2) is 17.2 Å². The second kappa shape index (κ2) is 20.5. The Hall–Kier alpha value is -2.31. The van der Waals surface area contributed by atoms with Crippen molar-refractivity contribution in [3.05, 3.63) is 60.3 Å². The molecule has 3 spiro atoms. The van der Waals surface area contributed by atoms with Crippen LogP contribution in [-0.4, -0.2) is 135 Å². The van der Waals surface area contributed by atoms with Crippen LogP contribution in [0, 0.1) is 17.8 Å². The molecular formula is C50H76O14. The Bertz CT molecular complexity index is 1740. The second-order valence-electron chi connectivity index (χ2n) is 20.4. The van der Waals surface area contributed by atoms with E-state index in [4.69, 9.17) is 43.0 Å². The Labute approximate surface area is 379 Å². The summed E-state index contributed by atoms with van der Waals surface area (Å²) in [4.78, 5) is 12.9. The molecule has 7 aliphatic heterocycles. The van der Waals surface area contributed by atoms with Crippen LogP contribution in [0.5, 0.6) is 0 Å². The third kappa shape index (κ3) is 11.2. The van der Waals surface area contributed by atoms with Gasteiger partial charge in [0, 0.05) is 38.0 Å². The van der Waals surface area contributed by atoms with E-state index < -0.39 is 71.7 Å². The van der Waals surface area contributed by atoms with E-state index in [0.717, 1.165) is 50.7 Å². The minimum Gasteiger partial charge on any atom is -0.459 e. The Morgan fingerprint density at radius 1 is 1.02 bits per heavy atom. The van der Waals surface area contributed by atoms with Crippen molar-refractivity contribution >= 4 is 5.97 Å². The Morgan fingerprint density at radius 2 is 1.78 bits per heavy atom. The smallest absolute Gasteiger partial charge is 0.338 e. The number of rotatable bonds is 14. The van der Waals surface area contributed by atoms with E-state index in [2.05, 4.69) is 33.1 Å². The molecule has 0 bridgehead atoms. The highest BCUT2D eigenvalue weighted by Crippen LogP contribution is 2.47. The molecule has 0 aromatic rings. The highest BCUT2D eigenvalue weighted by atomic mass is 16.7. The Kier molecular flexibility index (Phi) is 15.9. The molecule has 17 atom stereocenters. The zero-order valence-corrected chi connectivity index (χ0v) is 38.7. The summed E-state index contributed by atoms with van der Waals surface area (Å²) in [5.41, 5.74) is 0.0125. The second-order valence-corrected chi connectivity index (χ2v) is 20.4. The van der Waals surface area contributed by atoms with Crippen molar-refractivity contribution in [1.82, 2.24) is 0 Å². The number of carbonyl (C=O) groups excluding carboxylic acids is 1. The first-order chi connectivity index (χ1) is 30.4. The summed E-state index contributed by atoms with van der Waals surface area (Å²) in [7, 11) is 0. The first kappa shape index (κ1) is 49.6. The van der Waals surface area contributed by atoms with Gasteiger partial charge in [-0.15, -0.1) is 0 Å². The molecule has 14 nitrogen and oxygen atoms in total. The minimum atomic E-state index is -1.86. The number of esters is 1. The van der Waals surface area contributed by atoms with Crippen LogP contribution < -0.4 is 0 Å².